The summed E-state index contributed by atoms with van der Waals surface area (Å²) in [4.78, 5) is 11.8. The topological polar surface area (TPSA) is 50.1 Å². The number of thiol groups is 1. The molecule has 1 aromatic rings. The van der Waals surface area contributed by atoms with E-state index in [9.17, 15) is 4.79 Å². The fourth-order valence-corrected chi connectivity index (χ4v) is 1.33. The minimum atomic E-state index is -0.477. The fraction of sp³-hybridized carbons (Fsp3) is 0.200. The second-order valence-corrected chi connectivity index (χ2v) is 3.24. The van der Waals surface area contributed by atoms with Crippen LogP contribution in [0.5, 0.6) is 0 Å². The number of methoxy groups -OCH3 is 1. The SMILES string of the molecule is COC(=O)c1cc(C#N)cc(C)c1S. The van der Waals surface area contributed by atoms with Crippen LogP contribution < -0.4 is 0 Å². The van der Waals surface area contributed by atoms with Gasteiger partial charge in [-0.1, -0.05) is 0 Å². The Hall–Kier alpha value is -1.47. The van der Waals surface area contributed by atoms with Gasteiger partial charge in [-0.15, -0.1) is 12.6 Å². The third-order valence-corrected chi connectivity index (χ3v) is 2.43. The first-order valence-corrected chi connectivity index (χ1v) is 4.37. The molecular formula is C10H9NO2S. The Morgan fingerprint density at radius 2 is 2.21 bits per heavy atom. The quantitative estimate of drug-likeness (QED) is 0.565. The maximum Gasteiger partial charge on any atom is 0.339 e. The van der Waals surface area contributed by atoms with E-state index in [0.717, 1.165) is 5.56 Å². The Kier molecular flexibility index (Phi) is 3.15. The molecule has 0 aliphatic carbocycles. The molecule has 0 amide bonds. The van der Waals surface area contributed by atoms with Gasteiger partial charge in [0.1, 0.15) is 0 Å². The van der Waals surface area contributed by atoms with E-state index in [1.165, 1.54) is 13.2 Å². The van der Waals surface area contributed by atoms with Crippen LogP contribution >= 0.6 is 12.6 Å². The van der Waals surface area contributed by atoms with Gasteiger partial charge in [0.25, 0.3) is 0 Å². The Morgan fingerprint density at radius 3 is 2.71 bits per heavy atom. The third kappa shape index (κ3) is 1.88. The third-order valence-electron chi connectivity index (χ3n) is 1.83. The van der Waals surface area contributed by atoms with E-state index in [0.29, 0.717) is 16.0 Å². The number of hydrogen-bond acceptors (Lipinski definition) is 4. The molecule has 0 radical (unpaired) electrons. The van der Waals surface area contributed by atoms with Gasteiger partial charge in [0.2, 0.25) is 0 Å². The van der Waals surface area contributed by atoms with E-state index in [-0.39, 0.29) is 0 Å². The maximum absolute atomic E-state index is 11.3. The molecule has 0 bridgehead atoms. The van der Waals surface area contributed by atoms with Crippen LogP contribution in [0.3, 0.4) is 0 Å². The summed E-state index contributed by atoms with van der Waals surface area (Å²) in [6.45, 7) is 1.79. The number of esters is 1. The molecule has 4 heteroatoms. The smallest absolute Gasteiger partial charge is 0.339 e. The number of carbonyl (C=O) groups excluding carboxylic acids is 1. The van der Waals surface area contributed by atoms with Crippen LogP contribution in [0.15, 0.2) is 17.0 Å². The van der Waals surface area contributed by atoms with Crippen LogP contribution in [-0.4, -0.2) is 13.1 Å². The molecule has 0 N–H and O–H groups in total. The van der Waals surface area contributed by atoms with E-state index >= 15 is 0 Å². The van der Waals surface area contributed by atoms with Crippen LogP contribution in [0, 0.1) is 18.3 Å². The minimum absolute atomic E-state index is 0.326. The van der Waals surface area contributed by atoms with Crippen LogP contribution in [0.4, 0.5) is 0 Å². The van der Waals surface area contributed by atoms with Crippen molar-refractivity contribution in [2.45, 2.75) is 11.8 Å². The maximum atomic E-state index is 11.3. The number of carbonyl (C=O) groups is 1. The van der Waals surface area contributed by atoms with Crippen LogP contribution in [0.1, 0.15) is 21.5 Å². The Morgan fingerprint density at radius 1 is 1.57 bits per heavy atom. The molecule has 14 heavy (non-hydrogen) atoms. The van der Waals surface area contributed by atoms with Crippen molar-refractivity contribution in [2.75, 3.05) is 7.11 Å². The molecule has 0 fully saturated rings. The Bertz CT molecular complexity index is 421. The number of benzene rings is 1. The average Bonchev–Trinajstić information content (AvgIpc) is 2.20. The standard InChI is InChI=1S/C10H9NO2S/c1-6-3-7(5-11)4-8(9(6)14)10(12)13-2/h3-4,14H,1-2H3. The van der Waals surface area contributed by atoms with Crippen molar-refractivity contribution in [3.8, 4) is 6.07 Å². The van der Waals surface area contributed by atoms with Gasteiger partial charge >= 0.3 is 5.97 Å². The second-order valence-electron chi connectivity index (χ2n) is 2.79. The van der Waals surface area contributed by atoms with Crippen molar-refractivity contribution in [1.82, 2.24) is 0 Å². The first-order chi connectivity index (χ1) is 6.60. The van der Waals surface area contributed by atoms with Gasteiger partial charge in [-0.05, 0) is 24.6 Å². The van der Waals surface area contributed by atoms with Crippen molar-refractivity contribution in [3.63, 3.8) is 0 Å². The van der Waals surface area contributed by atoms with Gasteiger partial charge in [-0.25, -0.2) is 4.79 Å². The lowest BCUT2D eigenvalue weighted by Gasteiger charge is -2.06. The highest BCUT2D eigenvalue weighted by molar-refractivity contribution is 7.80. The monoisotopic (exact) mass is 207 g/mol. The van der Waals surface area contributed by atoms with Gasteiger partial charge in [0, 0.05) is 4.90 Å². The number of hydrogen-bond donors (Lipinski definition) is 1. The molecule has 1 aromatic carbocycles. The molecule has 0 atom stereocenters. The summed E-state index contributed by atoms with van der Waals surface area (Å²) in [5, 5.41) is 8.70. The van der Waals surface area contributed by atoms with E-state index in [2.05, 4.69) is 17.4 Å². The lowest BCUT2D eigenvalue weighted by Crippen LogP contribution is -2.04. The first kappa shape index (κ1) is 10.6. The van der Waals surface area contributed by atoms with Crippen LogP contribution in [0.2, 0.25) is 0 Å². The normalized spacial score (nSPS) is 9.29. The van der Waals surface area contributed by atoms with Crippen molar-refractivity contribution < 1.29 is 9.53 Å². The van der Waals surface area contributed by atoms with Gasteiger partial charge in [0.15, 0.2) is 0 Å². The van der Waals surface area contributed by atoms with Crippen LogP contribution in [0.25, 0.3) is 0 Å². The van der Waals surface area contributed by atoms with Crippen molar-refractivity contribution in [1.29, 1.82) is 5.26 Å². The summed E-state index contributed by atoms with van der Waals surface area (Å²) in [5.41, 5.74) is 1.54. The zero-order valence-corrected chi connectivity index (χ0v) is 8.76. The Labute approximate surface area is 87.7 Å². The number of rotatable bonds is 1. The summed E-state index contributed by atoms with van der Waals surface area (Å²) in [7, 11) is 1.30. The molecule has 0 aliphatic rings. The predicted octanol–water partition coefficient (Wildman–Crippen LogP) is 1.94. The van der Waals surface area contributed by atoms with E-state index < -0.39 is 5.97 Å². The molecule has 72 valence electrons. The molecule has 0 aliphatic heterocycles. The Balaban J connectivity index is 3.36. The van der Waals surface area contributed by atoms with E-state index in [1.807, 2.05) is 6.07 Å². The molecule has 0 unspecified atom stereocenters. The predicted molar refractivity (Wildman–Crippen MR) is 54.5 cm³/mol. The van der Waals surface area contributed by atoms with E-state index in [4.69, 9.17) is 5.26 Å². The summed E-state index contributed by atoms with van der Waals surface area (Å²) in [6, 6.07) is 5.12. The lowest BCUT2D eigenvalue weighted by molar-refractivity contribution is 0.0596. The zero-order valence-electron chi connectivity index (χ0n) is 7.87. The molecule has 0 saturated carbocycles. The number of nitriles is 1. The first-order valence-electron chi connectivity index (χ1n) is 3.92. The van der Waals surface area contributed by atoms with E-state index in [1.54, 1.807) is 13.0 Å². The second kappa shape index (κ2) is 4.16. The zero-order chi connectivity index (χ0) is 10.7. The summed E-state index contributed by atoms with van der Waals surface area (Å²) >= 11 is 4.18. The molecule has 0 aromatic heterocycles. The number of ether oxygens (including phenoxy) is 1. The van der Waals surface area contributed by atoms with Crippen molar-refractivity contribution in [2.24, 2.45) is 0 Å². The van der Waals surface area contributed by atoms with Crippen LogP contribution in [-0.2, 0) is 4.74 Å². The molecule has 3 nitrogen and oxygen atoms in total. The summed E-state index contributed by atoms with van der Waals surface area (Å²) in [6.07, 6.45) is 0. The molecule has 1 rings (SSSR count). The molecule has 0 spiro atoms. The van der Waals surface area contributed by atoms with Gasteiger partial charge in [-0.2, -0.15) is 5.26 Å². The number of aryl methyl sites for hydroxylation is 1. The lowest BCUT2D eigenvalue weighted by atomic mass is 10.1. The summed E-state index contributed by atoms with van der Waals surface area (Å²) < 4.78 is 4.57. The van der Waals surface area contributed by atoms with Gasteiger partial charge in [-0.3, -0.25) is 0 Å². The highest BCUT2D eigenvalue weighted by Gasteiger charge is 2.12. The fourth-order valence-electron chi connectivity index (χ4n) is 1.11. The largest absolute Gasteiger partial charge is 0.465 e. The van der Waals surface area contributed by atoms with Gasteiger partial charge < -0.3 is 4.74 Å². The molecule has 0 heterocycles. The van der Waals surface area contributed by atoms with Crippen molar-refractivity contribution in [3.05, 3.63) is 28.8 Å². The highest BCUT2D eigenvalue weighted by Crippen LogP contribution is 2.21. The number of nitrogens with zero attached hydrogens (tertiary/aromatic N) is 1. The highest BCUT2D eigenvalue weighted by atomic mass is 32.1. The summed E-state index contributed by atoms with van der Waals surface area (Å²) in [5.74, 6) is -0.477. The average molecular weight is 207 g/mol. The van der Waals surface area contributed by atoms with Gasteiger partial charge in [0.05, 0.1) is 24.3 Å². The minimum Gasteiger partial charge on any atom is -0.465 e. The van der Waals surface area contributed by atoms with Crippen molar-refractivity contribution >= 4 is 18.6 Å². The molecular weight excluding hydrogens is 198 g/mol. The molecule has 0 saturated heterocycles.